The summed E-state index contributed by atoms with van der Waals surface area (Å²) in [6.07, 6.45) is 3.13. The zero-order valence-corrected chi connectivity index (χ0v) is 8.95. The Bertz CT molecular complexity index is 150. The predicted molar refractivity (Wildman–Crippen MR) is 54.8 cm³/mol. The van der Waals surface area contributed by atoms with Gasteiger partial charge in [0, 0.05) is 18.6 Å². The molecule has 0 spiro atoms. The van der Waals surface area contributed by atoms with Crippen LogP contribution in [0.2, 0.25) is 0 Å². The molecule has 3 heteroatoms. The summed E-state index contributed by atoms with van der Waals surface area (Å²) in [5, 5.41) is 13.1. The minimum atomic E-state index is -0.121. The topological polar surface area (TPSA) is 35.5 Å². The molecular formula is C10H22N2O. The van der Waals surface area contributed by atoms with Gasteiger partial charge in [-0.05, 0) is 40.3 Å². The summed E-state index contributed by atoms with van der Waals surface area (Å²) >= 11 is 0. The van der Waals surface area contributed by atoms with Crippen molar-refractivity contribution in [3.8, 4) is 0 Å². The fourth-order valence-corrected chi connectivity index (χ4v) is 2.10. The van der Waals surface area contributed by atoms with Crippen LogP contribution in [0, 0.1) is 0 Å². The van der Waals surface area contributed by atoms with E-state index in [9.17, 15) is 5.11 Å². The maximum atomic E-state index is 9.60. The van der Waals surface area contributed by atoms with Gasteiger partial charge < -0.3 is 15.3 Å². The quantitative estimate of drug-likeness (QED) is 0.669. The van der Waals surface area contributed by atoms with Gasteiger partial charge in [-0.25, -0.2) is 0 Å². The van der Waals surface area contributed by atoms with Crippen LogP contribution in [-0.4, -0.2) is 48.8 Å². The molecule has 13 heavy (non-hydrogen) atoms. The van der Waals surface area contributed by atoms with Gasteiger partial charge in [0.25, 0.3) is 0 Å². The molecule has 1 unspecified atom stereocenters. The highest BCUT2D eigenvalue weighted by Crippen LogP contribution is 2.19. The fraction of sp³-hybridized carbons (Fsp3) is 1.00. The Hall–Kier alpha value is -0.120. The molecule has 0 aromatic heterocycles. The molecule has 1 saturated carbocycles. The van der Waals surface area contributed by atoms with Crippen molar-refractivity contribution in [3.63, 3.8) is 0 Å². The molecule has 1 aliphatic rings. The number of nitrogens with one attached hydrogen (secondary N) is 1. The van der Waals surface area contributed by atoms with Crippen LogP contribution in [0.3, 0.4) is 0 Å². The molecule has 0 saturated heterocycles. The number of aliphatic hydroxyl groups excluding tert-OH is 1. The van der Waals surface area contributed by atoms with Crippen molar-refractivity contribution in [2.75, 3.05) is 20.6 Å². The largest absolute Gasteiger partial charge is 0.392 e. The van der Waals surface area contributed by atoms with Gasteiger partial charge in [0.05, 0.1) is 6.10 Å². The Morgan fingerprint density at radius 3 is 2.62 bits per heavy atom. The van der Waals surface area contributed by atoms with E-state index in [0.717, 1.165) is 25.8 Å². The van der Waals surface area contributed by atoms with Crippen LogP contribution in [0.1, 0.15) is 26.2 Å². The smallest absolute Gasteiger partial charge is 0.0693 e. The van der Waals surface area contributed by atoms with E-state index in [1.165, 1.54) is 0 Å². The van der Waals surface area contributed by atoms with Gasteiger partial charge in [0.15, 0.2) is 0 Å². The first-order chi connectivity index (χ1) is 6.09. The number of hydrogen-bond donors (Lipinski definition) is 2. The summed E-state index contributed by atoms with van der Waals surface area (Å²) in [6.45, 7) is 3.20. The molecule has 78 valence electrons. The number of likely N-dealkylation sites (N-methyl/N-ethyl adjacent to an activating group) is 1. The van der Waals surface area contributed by atoms with Crippen molar-refractivity contribution in [1.82, 2.24) is 10.2 Å². The monoisotopic (exact) mass is 186 g/mol. The first-order valence-corrected chi connectivity index (χ1v) is 5.18. The Kier molecular flexibility index (Phi) is 4.16. The number of rotatable bonds is 4. The van der Waals surface area contributed by atoms with Crippen molar-refractivity contribution >= 4 is 0 Å². The lowest BCUT2D eigenvalue weighted by Crippen LogP contribution is -2.45. The Morgan fingerprint density at radius 1 is 1.46 bits per heavy atom. The van der Waals surface area contributed by atoms with Crippen LogP contribution in [0.25, 0.3) is 0 Å². The second kappa shape index (κ2) is 4.94. The second-order valence-corrected chi connectivity index (χ2v) is 4.43. The van der Waals surface area contributed by atoms with Crippen molar-refractivity contribution in [2.24, 2.45) is 0 Å². The molecule has 0 aromatic carbocycles. The lowest BCUT2D eigenvalue weighted by molar-refractivity contribution is 0.141. The Balaban J connectivity index is 2.22. The second-order valence-electron chi connectivity index (χ2n) is 4.43. The first kappa shape index (κ1) is 11.0. The highest BCUT2D eigenvalue weighted by Gasteiger charge is 2.25. The SMILES string of the molecule is CC(CN(C)C)N[C@H]1CCC[C@@H]1O. The molecule has 3 atom stereocenters. The highest BCUT2D eigenvalue weighted by molar-refractivity contribution is 4.84. The van der Waals surface area contributed by atoms with Crippen LogP contribution < -0.4 is 5.32 Å². The molecule has 0 heterocycles. The predicted octanol–water partition coefficient (Wildman–Crippen LogP) is 0.439. The van der Waals surface area contributed by atoms with Crippen molar-refractivity contribution in [3.05, 3.63) is 0 Å². The molecule has 0 aromatic rings. The lowest BCUT2D eigenvalue weighted by Gasteiger charge is -2.24. The summed E-state index contributed by atoms with van der Waals surface area (Å²) in [5.74, 6) is 0. The Labute approximate surface area is 81.1 Å². The highest BCUT2D eigenvalue weighted by atomic mass is 16.3. The summed E-state index contributed by atoms with van der Waals surface area (Å²) in [6, 6.07) is 0.794. The van der Waals surface area contributed by atoms with E-state index >= 15 is 0 Å². The normalized spacial score (nSPS) is 31.2. The molecular weight excluding hydrogens is 164 g/mol. The van der Waals surface area contributed by atoms with Gasteiger partial charge in [0.2, 0.25) is 0 Å². The molecule has 0 radical (unpaired) electrons. The number of hydrogen-bond acceptors (Lipinski definition) is 3. The third kappa shape index (κ3) is 3.63. The average molecular weight is 186 g/mol. The van der Waals surface area contributed by atoms with Crippen LogP contribution >= 0.6 is 0 Å². The van der Waals surface area contributed by atoms with Gasteiger partial charge in [0.1, 0.15) is 0 Å². The minimum Gasteiger partial charge on any atom is -0.392 e. The van der Waals surface area contributed by atoms with Crippen molar-refractivity contribution in [1.29, 1.82) is 0 Å². The van der Waals surface area contributed by atoms with Crippen LogP contribution in [0.4, 0.5) is 0 Å². The zero-order chi connectivity index (χ0) is 9.84. The van der Waals surface area contributed by atoms with Crippen LogP contribution in [0.15, 0.2) is 0 Å². The van der Waals surface area contributed by atoms with E-state index in [1.807, 2.05) is 0 Å². The van der Waals surface area contributed by atoms with Gasteiger partial charge in [-0.3, -0.25) is 0 Å². The van der Waals surface area contributed by atoms with Gasteiger partial charge in [-0.2, -0.15) is 0 Å². The van der Waals surface area contributed by atoms with E-state index in [4.69, 9.17) is 0 Å². The van der Waals surface area contributed by atoms with Crippen molar-refractivity contribution in [2.45, 2.75) is 44.4 Å². The average Bonchev–Trinajstić information content (AvgIpc) is 2.34. The van der Waals surface area contributed by atoms with E-state index in [0.29, 0.717) is 12.1 Å². The van der Waals surface area contributed by atoms with E-state index < -0.39 is 0 Å². The summed E-state index contributed by atoms with van der Waals surface area (Å²) in [5.41, 5.74) is 0. The maximum Gasteiger partial charge on any atom is 0.0693 e. The van der Waals surface area contributed by atoms with Crippen LogP contribution in [0.5, 0.6) is 0 Å². The maximum absolute atomic E-state index is 9.60. The standard InChI is InChI=1S/C10H22N2O/c1-8(7-12(2)3)11-9-5-4-6-10(9)13/h8-11,13H,4-7H2,1-3H3/t8?,9-,10-/m0/s1. The Morgan fingerprint density at radius 2 is 2.15 bits per heavy atom. The molecule has 1 aliphatic carbocycles. The summed E-state index contributed by atoms with van der Waals surface area (Å²) in [4.78, 5) is 2.17. The van der Waals surface area contributed by atoms with Crippen molar-refractivity contribution < 1.29 is 5.11 Å². The van der Waals surface area contributed by atoms with Crippen LogP contribution in [-0.2, 0) is 0 Å². The third-order valence-corrected chi connectivity index (χ3v) is 2.62. The summed E-state index contributed by atoms with van der Waals surface area (Å²) < 4.78 is 0. The van der Waals surface area contributed by atoms with E-state index in [1.54, 1.807) is 0 Å². The zero-order valence-electron chi connectivity index (χ0n) is 8.95. The third-order valence-electron chi connectivity index (χ3n) is 2.62. The van der Waals surface area contributed by atoms with E-state index in [2.05, 4.69) is 31.2 Å². The number of aliphatic hydroxyl groups is 1. The fourth-order valence-electron chi connectivity index (χ4n) is 2.10. The lowest BCUT2D eigenvalue weighted by atomic mass is 10.2. The first-order valence-electron chi connectivity index (χ1n) is 5.18. The molecule has 1 fully saturated rings. The van der Waals surface area contributed by atoms with Gasteiger partial charge >= 0.3 is 0 Å². The molecule has 0 bridgehead atoms. The minimum absolute atomic E-state index is 0.121. The molecule has 0 amide bonds. The van der Waals surface area contributed by atoms with Gasteiger partial charge in [-0.15, -0.1) is 0 Å². The molecule has 2 N–H and O–H groups in total. The molecule has 1 rings (SSSR count). The molecule has 3 nitrogen and oxygen atoms in total. The van der Waals surface area contributed by atoms with E-state index in [-0.39, 0.29) is 6.10 Å². The number of nitrogens with zero attached hydrogens (tertiary/aromatic N) is 1. The summed E-state index contributed by atoms with van der Waals surface area (Å²) in [7, 11) is 4.15. The molecule has 0 aliphatic heterocycles. The van der Waals surface area contributed by atoms with Gasteiger partial charge in [-0.1, -0.05) is 0 Å².